The van der Waals surface area contributed by atoms with Crippen LogP contribution in [0.1, 0.15) is 10.6 Å². The van der Waals surface area contributed by atoms with Gasteiger partial charge in [-0.3, -0.25) is 4.79 Å². The average Bonchev–Trinajstić information content (AvgIpc) is 3.05. The normalized spacial score (nSPS) is 15.0. The van der Waals surface area contributed by atoms with E-state index in [1.54, 1.807) is 0 Å². The minimum Gasteiger partial charge on any atom is -0.378 e. The average molecular weight is 293 g/mol. The Morgan fingerprint density at radius 2 is 2.19 bits per heavy atom. The Hall–Kier alpha value is -2.55. The molecule has 0 saturated carbocycles. The number of morpholine rings is 1. The lowest BCUT2D eigenvalue weighted by molar-refractivity contribution is 0.0987. The van der Waals surface area contributed by atoms with Crippen molar-refractivity contribution >= 4 is 17.7 Å². The maximum atomic E-state index is 13.7. The molecule has 8 nitrogen and oxygen atoms in total. The maximum Gasteiger partial charge on any atom is 0.295 e. The summed E-state index contributed by atoms with van der Waals surface area (Å²) in [5, 5.41) is 5.75. The van der Waals surface area contributed by atoms with Crippen molar-refractivity contribution in [1.82, 2.24) is 15.1 Å². The molecule has 1 N–H and O–H groups in total. The van der Waals surface area contributed by atoms with Crippen molar-refractivity contribution in [3.8, 4) is 0 Å². The minimum absolute atomic E-state index is 0.0269. The molecule has 2 aromatic heterocycles. The van der Waals surface area contributed by atoms with Crippen molar-refractivity contribution in [2.45, 2.75) is 0 Å². The molecule has 3 heterocycles. The summed E-state index contributed by atoms with van der Waals surface area (Å²) in [7, 11) is 0. The van der Waals surface area contributed by atoms with Gasteiger partial charge in [0.05, 0.1) is 25.6 Å². The van der Waals surface area contributed by atoms with Gasteiger partial charge < -0.3 is 19.5 Å². The minimum atomic E-state index is -0.722. The van der Waals surface area contributed by atoms with Gasteiger partial charge in [0.1, 0.15) is 0 Å². The number of rotatable bonds is 3. The fraction of sp³-hybridized carbons (Fsp3) is 0.333. The van der Waals surface area contributed by atoms with Crippen molar-refractivity contribution in [1.29, 1.82) is 0 Å². The lowest BCUT2D eigenvalue weighted by Gasteiger charge is -2.26. The van der Waals surface area contributed by atoms with Gasteiger partial charge in [-0.15, -0.1) is 0 Å². The van der Waals surface area contributed by atoms with Crippen LogP contribution < -0.4 is 10.2 Å². The molecular weight excluding hydrogens is 281 g/mol. The third-order valence-electron chi connectivity index (χ3n) is 2.92. The number of anilines is 2. The van der Waals surface area contributed by atoms with Crippen molar-refractivity contribution in [2.75, 3.05) is 36.5 Å². The molecule has 1 aliphatic heterocycles. The van der Waals surface area contributed by atoms with Crippen LogP contribution in [0.3, 0.4) is 0 Å². The molecule has 0 atom stereocenters. The number of hydrogen-bond donors (Lipinski definition) is 1. The Kier molecular flexibility index (Phi) is 3.73. The molecule has 0 unspecified atom stereocenters. The van der Waals surface area contributed by atoms with Crippen LogP contribution in [0.5, 0.6) is 0 Å². The van der Waals surface area contributed by atoms with Crippen molar-refractivity contribution in [2.24, 2.45) is 0 Å². The Balaban J connectivity index is 1.79. The Bertz CT molecular complexity index is 628. The second kappa shape index (κ2) is 5.83. The molecular formula is C12H12FN5O3. The number of carbonyl (C=O) groups excluding carboxylic acids is 1. The molecule has 0 aliphatic carbocycles. The van der Waals surface area contributed by atoms with E-state index in [0.29, 0.717) is 32.3 Å². The molecule has 110 valence electrons. The van der Waals surface area contributed by atoms with Gasteiger partial charge in [-0.2, -0.15) is 4.98 Å². The molecule has 1 fully saturated rings. The fourth-order valence-corrected chi connectivity index (χ4v) is 1.86. The summed E-state index contributed by atoms with van der Waals surface area (Å²) in [6, 6.07) is 1.37. The summed E-state index contributed by atoms with van der Waals surface area (Å²) in [4.78, 5) is 21.6. The summed E-state index contributed by atoms with van der Waals surface area (Å²) in [5.74, 6) is -1.24. The van der Waals surface area contributed by atoms with Crippen LogP contribution in [-0.4, -0.2) is 47.3 Å². The van der Waals surface area contributed by atoms with E-state index in [4.69, 9.17) is 9.26 Å². The maximum absolute atomic E-state index is 13.7. The first-order chi connectivity index (χ1) is 10.2. The number of halogens is 1. The van der Waals surface area contributed by atoms with E-state index in [0.717, 1.165) is 6.20 Å². The zero-order valence-corrected chi connectivity index (χ0v) is 11.0. The van der Waals surface area contributed by atoms with E-state index in [1.165, 1.54) is 12.3 Å². The van der Waals surface area contributed by atoms with E-state index in [-0.39, 0.29) is 11.6 Å². The Morgan fingerprint density at radius 3 is 2.90 bits per heavy atom. The Labute approximate surface area is 118 Å². The number of ether oxygens (including phenoxy) is 1. The highest BCUT2D eigenvalue weighted by atomic mass is 19.1. The van der Waals surface area contributed by atoms with E-state index in [9.17, 15) is 9.18 Å². The molecule has 9 heteroatoms. The van der Waals surface area contributed by atoms with Crippen LogP contribution in [0.2, 0.25) is 0 Å². The second-order valence-corrected chi connectivity index (χ2v) is 4.30. The monoisotopic (exact) mass is 293 g/mol. The van der Waals surface area contributed by atoms with Gasteiger partial charge in [0.2, 0.25) is 11.7 Å². The molecule has 0 radical (unpaired) electrons. The quantitative estimate of drug-likeness (QED) is 0.889. The van der Waals surface area contributed by atoms with Crippen molar-refractivity contribution < 1.29 is 18.4 Å². The fourth-order valence-electron chi connectivity index (χ4n) is 1.86. The SMILES string of the molecule is O=C(Nc1nc(N2CCOCC2)ncc1F)c1ccno1. The number of aromatic nitrogens is 3. The largest absolute Gasteiger partial charge is 0.378 e. The molecule has 1 aliphatic rings. The first-order valence-corrected chi connectivity index (χ1v) is 6.31. The third-order valence-corrected chi connectivity index (χ3v) is 2.92. The molecule has 21 heavy (non-hydrogen) atoms. The van der Waals surface area contributed by atoms with Crippen LogP contribution in [0.15, 0.2) is 23.0 Å². The summed E-state index contributed by atoms with van der Waals surface area (Å²) in [6.45, 7) is 2.34. The molecule has 0 spiro atoms. The highest BCUT2D eigenvalue weighted by Gasteiger charge is 2.18. The molecule has 1 saturated heterocycles. The second-order valence-electron chi connectivity index (χ2n) is 4.30. The highest BCUT2D eigenvalue weighted by molar-refractivity contribution is 6.01. The van der Waals surface area contributed by atoms with Crippen LogP contribution >= 0.6 is 0 Å². The molecule has 1 amide bonds. The van der Waals surface area contributed by atoms with Crippen LogP contribution in [-0.2, 0) is 4.74 Å². The predicted octanol–water partition coefficient (Wildman–Crippen LogP) is 0.693. The van der Waals surface area contributed by atoms with E-state index >= 15 is 0 Å². The highest BCUT2D eigenvalue weighted by Crippen LogP contribution is 2.16. The van der Waals surface area contributed by atoms with Crippen LogP contribution in [0.25, 0.3) is 0 Å². The van der Waals surface area contributed by atoms with Gasteiger partial charge >= 0.3 is 0 Å². The van der Waals surface area contributed by atoms with Crippen LogP contribution in [0.4, 0.5) is 16.2 Å². The van der Waals surface area contributed by atoms with Gasteiger partial charge in [-0.05, 0) is 0 Å². The number of carbonyl (C=O) groups is 1. The van der Waals surface area contributed by atoms with E-state index in [1.807, 2.05) is 4.90 Å². The Morgan fingerprint density at radius 1 is 1.38 bits per heavy atom. The predicted molar refractivity (Wildman–Crippen MR) is 69.5 cm³/mol. The van der Waals surface area contributed by atoms with Gasteiger partial charge in [0.15, 0.2) is 11.6 Å². The number of amides is 1. The topological polar surface area (TPSA) is 93.4 Å². The van der Waals surface area contributed by atoms with Gasteiger partial charge in [-0.25, -0.2) is 9.37 Å². The number of nitrogens with one attached hydrogen (secondary N) is 1. The standard InChI is InChI=1S/C12H12FN5O3/c13-8-7-14-12(18-3-5-20-6-4-18)17-10(8)16-11(19)9-1-2-15-21-9/h1-2,7H,3-6H2,(H,14,16,17,19). The summed E-state index contributed by atoms with van der Waals surface area (Å²) in [6.07, 6.45) is 2.35. The van der Waals surface area contributed by atoms with E-state index in [2.05, 4.69) is 20.4 Å². The lowest BCUT2D eigenvalue weighted by atomic mass is 10.4. The summed E-state index contributed by atoms with van der Waals surface area (Å²) >= 11 is 0. The molecule has 2 aromatic rings. The molecule has 0 aromatic carbocycles. The number of nitrogens with zero attached hydrogens (tertiary/aromatic N) is 4. The zero-order valence-electron chi connectivity index (χ0n) is 11.0. The molecule has 3 rings (SSSR count). The lowest BCUT2D eigenvalue weighted by Crippen LogP contribution is -2.37. The van der Waals surface area contributed by atoms with E-state index < -0.39 is 11.7 Å². The van der Waals surface area contributed by atoms with Crippen molar-refractivity contribution in [3.63, 3.8) is 0 Å². The van der Waals surface area contributed by atoms with Gasteiger partial charge in [0, 0.05) is 19.2 Å². The summed E-state index contributed by atoms with van der Waals surface area (Å²) in [5.41, 5.74) is 0. The van der Waals surface area contributed by atoms with Gasteiger partial charge in [0.25, 0.3) is 5.91 Å². The van der Waals surface area contributed by atoms with Crippen molar-refractivity contribution in [3.05, 3.63) is 30.0 Å². The smallest absolute Gasteiger partial charge is 0.295 e. The zero-order chi connectivity index (χ0) is 14.7. The summed E-state index contributed by atoms with van der Waals surface area (Å²) < 4.78 is 23.6. The number of hydrogen-bond acceptors (Lipinski definition) is 7. The van der Waals surface area contributed by atoms with Gasteiger partial charge in [-0.1, -0.05) is 5.16 Å². The van der Waals surface area contributed by atoms with Crippen LogP contribution in [0, 0.1) is 5.82 Å². The molecule has 0 bridgehead atoms. The first-order valence-electron chi connectivity index (χ1n) is 6.31. The first kappa shape index (κ1) is 13.4. The third kappa shape index (κ3) is 2.97.